The van der Waals surface area contributed by atoms with Gasteiger partial charge in [0.15, 0.2) is 0 Å². The van der Waals surface area contributed by atoms with Gasteiger partial charge >= 0.3 is 0 Å². The molecule has 4 aromatic carbocycles. The molecule has 0 spiro atoms. The summed E-state index contributed by atoms with van der Waals surface area (Å²) in [4.78, 5) is 0. The summed E-state index contributed by atoms with van der Waals surface area (Å²) in [6, 6.07) is 27.6. The standard InChI is InChI=1S/C32H33F/c1-22-5-8-26(9-6-22)10-11-27-12-13-28(24(3)20-27)14-15-29-16-17-30(21-25(29)4)31-18-7-23(2)19-32(31)33/h5-9,12-13,16-21H,10-11,14-15H2,1-4H3. The Morgan fingerprint density at radius 3 is 1.73 bits per heavy atom. The van der Waals surface area contributed by atoms with E-state index in [9.17, 15) is 4.39 Å². The van der Waals surface area contributed by atoms with Crippen LogP contribution in [0, 0.1) is 33.5 Å². The van der Waals surface area contributed by atoms with Crippen molar-refractivity contribution in [3.8, 4) is 11.1 Å². The van der Waals surface area contributed by atoms with Crippen LogP contribution in [0.4, 0.5) is 4.39 Å². The van der Waals surface area contributed by atoms with Crippen molar-refractivity contribution in [3.63, 3.8) is 0 Å². The molecule has 4 aromatic rings. The Balaban J connectivity index is 1.39. The molecule has 0 heterocycles. The summed E-state index contributed by atoms with van der Waals surface area (Å²) in [5.41, 5.74) is 12.0. The number of rotatable bonds is 7. The van der Waals surface area contributed by atoms with Crippen molar-refractivity contribution in [3.05, 3.63) is 129 Å². The smallest absolute Gasteiger partial charge is 0.131 e. The molecule has 0 aliphatic rings. The van der Waals surface area contributed by atoms with Crippen molar-refractivity contribution in [2.24, 2.45) is 0 Å². The number of hydrogen-bond donors (Lipinski definition) is 0. The summed E-state index contributed by atoms with van der Waals surface area (Å²) in [7, 11) is 0. The Kier molecular flexibility index (Phi) is 7.08. The van der Waals surface area contributed by atoms with E-state index < -0.39 is 0 Å². The Hall–Kier alpha value is -3.19. The minimum Gasteiger partial charge on any atom is -0.206 e. The van der Waals surface area contributed by atoms with Crippen LogP contribution in [-0.2, 0) is 25.7 Å². The molecule has 0 amide bonds. The number of benzene rings is 4. The molecule has 168 valence electrons. The predicted octanol–water partition coefficient (Wildman–Crippen LogP) is 8.30. The van der Waals surface area contributed by atoms with Crippen molar-refractivity contribution >= 4 is 0 Å². The molecular weight excluding hydrogens is 403 g/mol. The first-order valence-electron chi connectivity index (χ1n) is 11.9. The molecule has 0 aliphatic heterocycles. The van der Waals surface area contributed by atoms with Crippen LogP contribution >= 0.6 is 0 Å². The van der Waals surface area contributed by atoms with Gasteiger partial charge in [-0.1, -0.05) is 78.4 Å². The Morgan fingerprint density at radius 1 is 0.515 bits per heavy atom. The third kappa shape index (κ3) is 5.79. The molecule has 0 aliphatic carbocycles. The highest BCUT2D eigenvalue weighted by atomic mass is 19.1. The molecular formula is C32H33F. The SMILES string of the molecule is Cc1ccc(CCc2ccc(CCc3ccc(-c4ccc(C)cc4F)cc3C)c(C)c2)cc1. The minimum absolute atomic E-state index is 0.153. The average molecular weight is 437 g/mol. The summed E-state index contributed by atoms with van der Waals surface area (Å²) in [5, 5.41) is 0. The van der Waals surface area contributed by atoms with Crippen molar-refractivity contribution in [1.29, 1.82) is 0 Å². The zero-order valence-electron chi connectivity index (χ0n) is 20.2. The maximum Gasteiger partial charge on any atom is 0.131 e. The van der Waals surface area contributed by atoms with E-state index in [2.05, 4.69) is 81.4 Å². The average Bonchev–Trinajstić information content (AvgIpc) is 2.79. The van der Waals surface area contributed by atoms with E-state index in [1.165, 1.54) is 38.9 Å². The first-order valence-corrected chi connectivity index (χ1v) is 11.9. The van der Waals surface area contributed by atoms with E-state index in [-0.39, 0.29) is 5.82 Å². The second kappa shape index (κ2) is 10.2. The molecule has 0 nitrogen and oxygen atoms in total. The topological polar surface area (TPSA) is 0 Å². The molecule has 0 atom stereocenters. The largest absolute Gasteiger partial charge is 0.206 e. The highest BCUT2D eigenvalue weighted by molar-refractivity contribution is 5.66. The molecule has 0 saturated carbocycles. The Morgan fingerprint density at radius 2 is 1.09 bits per heavy atom. The van der Waals surface area contributed by atoms with E-state index in [4.69, 9.17) is 0 Å². The summed E-state index contributed by atoms with van der Waals surface area (Å²) in [5.74, 6) is -0.153. The van der Waals surface area contributed by atoms with Crippen LogP contribution in [-0.4, -0.2) is 0 Å². The molecule has 33 heavy (non-hydrogen) atoms. The minimum atomic E-state index is -0.153. The zero-order chi connectivity index (χ0) is 23.4. The van der Waals surface area contributed by atoms with E-state index >= 15 is 0 Å². The number of halogens is 1. The van der Waals surface area contributed by atoms with E-state index in [1.54, 1.807) is 6.07 Å². The highest BCUT2D eigenvalue weighted by Gasteiger charge is 2.09. The summed E-state index contributed by atoms with van der Waals surface area (Å²) >= 11 is 0. The molecule has 0 aromatic heterocycles. The number of hydrogen-bond acceptors (Lipinski definition) is 0. The van der Waals surface area contributed by atoms with Crippen molar-refractivity contribution in [2.75, 3.05) is 0 Å². The van der Waals surface area contributed by atoms with Crippen LogP contribution in [0.25, 0.3) is 11.1 Å². The third-order valence-corrected chi connectivity index (χ3v) is 6.67. The van der Waals surface area contributed by atoms with Gasteiger partial charge in [0.25, 0.3) is 0 Å². The maximum absolute atomic E-state index is 14.4. The van der Waals surface area contributed by atoms with Crippen molar-refractivity contribution in [2.45, 2.75) is 53.4 Å². The van der Waals surface area contributed by atoms with E-state index in [0.717, 1.165) is 36.8 Å². The second-order valence-electron chi connectivity index (χ2n) is 9.37. The molecule has 0 fully saturated rings. The summed E-state index contributed by atoms with van der Waals surface area (Å²) in [6.07, 6.45) is 4.15. The molecule has 0 N–H and O–H groups in total. The molecule has 1 heteroatoms. The molecule has 0 unspecified atom stereocenters. The lowest BCUT2D eigenvalue weighted by Gasteiger charge is -2.12. The van der Waals surface area contributed by atoms with Crippen LogP contribution in [0.15, 0.2) is 78.9 Å². The molecule has 0 bridgehead atoms. The van der Waals surface area contributed by atoms with Crippen LogP contribution in [0.1, 0.15) is 44.5 Å². The van der Waals surface area contributed by atoms with Crippen LogP contribution < -0.4 is 0 Å². The van der Waals surface area contributed by atoms with Gasteiger partial charge in [0.05, 0.1) is 0 Å². The van der Waals surface area contributed by atoms with E-state index in [1.807, 2.05) is 19.1 Å². The fourth-order valence-electron chi connectivity index (χ4n) is 4.50. The van der Waals surface area contributed by atoms with Gasteiger partial charge in [0.2, 0.25) is 0 Å². The number of aryl methyl sites for hydroxylation is 8. The zero-order valence-corrected chi connectivity index (χ0v) is 20.2. The molecule has 0 saturated heterocycles. The summed E-state index contributed by atoms with van der Waals surface area (Å²) < 4.78 is 14.4. The lowest BCUT2D eigenvalue weighted by atomic mass is 9.93. The Bertz CT molecular complexity index is 1250. The fraction of sp³-hybridized carbons (Fsp3) is 0.250. The van der Waals surface area contributed by atoms with Crippen molar-refractivity contribution < 1.29 is 4.39 Å². The second-order valence-corrected chi connectivity index (χ2v) is 9.37. The van der Waals surface area contributed by atoms with Gasteiger partial charge < -0.3 is 0 Å². The van der Waals surface area contributed by atoms with Gasteiger partial charge in [-0.15, -0.1) is 0 Å². The van der Waals surface area contributed by atoms with Crippen LogP contribution in [0.5, 0.6) is 0 Å². The van der Waals surface area contributed by atoms with Gasteiger partial charge in [-0.25, -0.2) is 4.39 Å². The summed E-state index contributed by atoms with van der Waals surface area (Å²) in [6.45, 7) is 8.40. The predicted molar refractivity (Wildman–Crippen MR) is 138 cm³/mol. The normalized spacial score (nSPS) is 11.1. The van der Waals surface area contributed by atoms with Gasteiger partial charge in [-0.05, 0) is 104 Å². The van der Waals surface area contributed by atoms with Gasteiger partial charge in [0.1, 0.15) is 5.82 Å². The van der Waals surface area contributed by atoms with E-state index in [0.29, 0.717) is 5.56 Å². The maximum atomic E-state index is 14.4. The fourth-order valence-corrected chi connectivity index (χ4v) is 4.50. The highest BCUT2D eigenvalue weighted by Crippen LogP contribution is 2.26. The first-order chi connectivity index (χ1) is 15.9. The third-order valence-electron chi connectivity index (χ3n) is 6.67. The lowest BCUT2D eigenvalue weighted by molar-refractivity contribution is 0.630. The first kappa shape index (κ1) is 23.0. The Labute approximate surface area is 198 Å². The lowest BCUT2D eigenvalue weighted by Crippen LogP contribution is -1.99. The monoisotopic (exact) mass is 436 g/mol. The van der Waals surface area contributed by atoms with Crippen LogP contribution in [0.3, 0.4) is 0 Å². The van der Waals surface area contributed by atoms with Gasteiger partial charge in [-0.3, -0.25) is 0 Å². The molecule has 0 radical (unpaired) electrons. The van der Waals surface area contributed by atoms with Crippen molar-refractivity contribution in [1.82, 2.24) is 0 Å². The van der Waals surface area contributed by atoms with Crippen LogP contribution in [0.2, 0.25) is 0 Å². The van der Waals surface area contributed by atoms with Gasteiger partial charge in [-0.2, -0.15) is 0 Å². The molecule has 4 rings (SSSR count). The quantitative estimate of drug-likeness (QED) is 0.273. The van der Waals surface area contributed by atoms with Gasteiger partial charge in [0, 0.05) is 5.56 Å².